The van der Waals surface area contributed by atoms with E-state index in [1.165, 1.54) is 13.0 Å². The van der Waals surface area contributed by atoms with Crippen molar-refractivity contribution in [2.45, 2.75) is 20.3 Å². The summed E-state index contributed by atoms with van der Waals surface area (Å²) >= 11 is 0. The van der Waals surface area contributed by atoms with Crippen LogP contribution in [0, 0.1) is 0 Å². The average Bonchev–Trinajstić information content (AvgIpc) is 2.10. The predicted molar refractivity (Wildman–Crippen MR) is 43.1 cm³/mol. The van der Waals surface area contributed by atoms with E-state index in [1.54, 1.807) is 0 Å². The molecule has 0 bridgehead atoms. The van der Waals surface area contributed by atoms with Crippen molar-refractivity contribution in [2.75, 3.05) is 6.61 Å². The number of isocyanates is 1. The van der Waals surface area contributed by atoms with Crippen LogP contribution in [0.25, 0.3) is 0 Å². The zero-order valence-electron chi connectivity index (χ0n) is 7.16. The third-order valence-corrected chi connectivity index (χ3v) is 1.07. The fourth-order valence-corrected chi connectivity index (χ4v) is 0.484. The molecule has 0 aliphatic rings. The molecule has 0 aromatic carbocycles. The third-order valence-electron chi connectivity index (χ3n) is 1.07. The van der Waals surface area contributed by atoms with Gasteiger partial charge in [0.1, 0.15) is 0 Å². The lowest BCUT2D eigenvalue weighted by Gasteiger charge is -2.00. The molecule has 4 nitrogen and oxygen atoms in total. The van der Waals surface area contributed by atoms with E-state index < -0.39 is 5.97 Å². The summed E-state index contributed by atoms with van der Waals surface area (Å²) in [6, 6.07) is 0. The lowest BCUT2D eigenvalue weighted by atomic mass is 10.3. The Morgan fingerprint density at radius 3 is 2.83 bits per heavy atom. The van der Waals surface area contributed by atoms with E-state index in [0.29, 0.717) is 12.2 Å². The highest BCUT2D eigenvalue weighted by Gasteiger charge is 2.03. The van der Waals surface area contributed by atoms with Crippen LogP contribution in [0.5, 0.6) is 0 Å². The number of aliphatic imine (C=N–C) groups is 1. The molecule has 0 aromatic heterocycles. The number of ether oxygens (including phenoxy) is 1. The summed E-state index contributed by atoms with van der Waals surface area (Å²) in [5, 5.41) is 0. The van der Waals surface area contributed by atoms with Gasteiger partial charge < -0.3 is 4.74 Å². The topological polar surface area (TPSA) is 55.7 Å². The first kappa shape index (κ1) is 10.6. The maximum atomic E-state index is 10.9. The summed E-state index contributed by atoms with van der Waals surface area (Å²) in [6.07, 6.45) is 3.20. The lowest BCUT2D eigenvalue weighted by Crippen LogP contribution is -2.05. The van der Waals surface area contributed by atoms with Crippen molar-refractivity contribution in [1.29, 1.82) is 0 Å². The SMILES string of the molecule is CCCOC(=O)/C(C)=C/N=C=O. The van der Waals surface area contributed by atoms with Crippen LogP contribution in [0.15, 0.2) is 16.8 Å². The van der Waals surface area contributed by atoms with Gasteiger partial charge in [0.2, 0.25) is 6.08 Å². The Labute approximate surface area is 70.9 Å². The molecule has 0 amide bonds. The minimum Gasteiger partial charge on any atom is -0.462 e. The first-order valence-electron chi connectivity index (χ1n) is 3.63. The number of hydrogen-bond acceptors (Lipinski definition) is 4. The van der Waals surface area contributed by atoms with E-state index >= 15 is 0 Å². The molecule has 0 heterocycles. The van der Waals surface area contributed by atoms with Gasteiger partial charge in [0, 0.05) is 0 Å². The molecular weight excluding hydrogens is 158 g/mol. The Balaban J connectivity index is 4.00. The smallest absolute Gasteiger partial charge is 0.335 e. The van der Waals surface area contributed by atoms with Gasteiger partial charge in [-0.1, -0.05) is 6.92 Å². The largest absolute Gasteiger partial charge is 0.462 e. The average molecular weight is 169 g/mol. The third kappa shape index (κ3) is 4.41. The molecule has 0 rings (SSSR count). The van der Waals surface area contributed by atoms with E-state index in [2.05, 4.69) is 4.99 Å². The van der Waals surface area contributed by atoms with Crippen LogP contribution in [-0.2, 0) is 14.3 Å². The van der Waals surface area contributed by atoms with Gasteiger partial charge in [0.05, 0.1) is 18.4 Å². The highest BCUT2D eigenvalue weighted by molar-refractivity contribution is 5.87. The molecule has 66 valence electrons. The quantitative estimate of drug-likeness (QED) is 0.275. The van der Waals surface area contributed by atoms with Crippen molar-refractivity contribution >= 4 is 12.0 Å². The second kappa shape index (κ2) is 6.31. The van der Waals surface area contributed by atoms with Crippen molar-refractivity contribution in [3.05, 3.63) is 11.8 Å². The molecule has 0 unspecified atom stereocenters. The fraction of sp³-hybridized carbons (Fsp3) is 0.500. The molecule has 0 saturated carbocycles. The monoisotopic (exact) mass is 169 g/mol. The van der Waals surface area contributed by atoms with E-state index in [-0.39, 0.29) is 0 Å². The molecule has 0 aliphatic carbocycles. The maximum Gasteiger partial charge on any atom is 0.335 e. The summed E-state index contributed by atoms with van der Waals surface area (Å²) in [7, 11) is 0. The minimum absolute atomic E-state index is 0.298. The summed E-state index contributed by atoms with van der Waals surface area (Å²) in [6.45, 7) is 3.81. The molecule has 4 heteroatoms. The molecule has 0 N–H and O–H groups in total. The number of rotatable bonds is 4. The first-order chi connectivity index (χ1) is 5.72. The van der Waals surface area contributed by atoms with Crippen LogP contribution in [0.1, 0.15) is 20.3 Å². The number of nitrogens with zero attached hydrogens (tertiary/aromatic N) is 1. The summed E-state index contributed by atoms with van der Waals surface area (Å²) < 4.78 is 4.75. The van der Waals surface area contributed by atoms with E-state index in [4.69, 9.17) is 4.74 Å². The Hall–Kier alpha value is -1.41. The highest BCUT2D eigenvalue weighted by Crippen LogP contribution is 1.96. The van der Waals surface area contributed by atoms with Gasteiger partial charge in [-0.05, 0) is 13.3 Å². The van der Waals surface area contributed by atoms with Crippen molar-refractivity contribution in [2.24, 2.45) is 4.99 Å². The zero-order valence-corrected chi connectivity index (χ0v) is 7.16. The van der Waals surface area contributed by atoms with Crippen molar-refractivity contribution in [1.82, 2.24) is 0 Å². The Morgan fingerprint density at radius 2 is 2.33 bits per heavy atom. The highest BCUT2D eigenvalue weighted by atomic mass is 16.5. The van der Waals surface area contributed by atoms with E-state index in [0.717, 1.165) is 12.6 Å². The molecule has 0 aliphatic heterocycles. The zero-order chi connectivity index (χ0) is 9.40. The van der Waals surface area contributed by atoms with Crippen LogP contribution in [0.3, 0.4) is 0 Å². The minimum atomic E-state index is -0.448. The number of hydrogen-bond donors (Lipinski definition) is 0. The molecule has 0 radical (unpaired) electrons. The predicted octanol–water partition coefficient (Wildman–Crippen LogP) is 1.18. The summed E-state index contributed by atoms with van der Waals surface area (Å²) in [4.78, 5) is 23.7. The molecule has 0 fully saturated rings. The molecule has 0 atom stereocenters. The van der Waals surface area contributed by atoms with Gasteiger partial charge in [-0.25, -0.2) is 9.59 Å². The van der Waals surface area contributed by atoms with E-state index in [9.17, 15) is 9.59 Å². The molecule has 0 saturated heterocycles. The molecule has 0 aromatic rings. The van der Waals surface area contributed by atoms with Crippen molar-refractivity contribution in [3.8, 4) is 0 Å². The van der Waals surface area contributed by atoms with Gasteiger partial charge in [-0.2, -0.15) is 4.99 Å². The standard InChI is InChI=1S/C8H11NO3/c1-3-4-12-8(11)7(2)5-9-6-10/h5H,3-4H2,1-2H3/b7-5+. The fourth-order valence-electron chi connectivity index (χ4n) is 0.484. The first-order valence-corrected chi connectivity index (χ1v) is 3.63. The van der Waals surface area contributed by atoms with Crippen molar-refractivity contribution < 1.29 is 14.3 Å². The number of carbonyl (C=O) groups is 1. The van der Waals surface area contributed by atoms with E-state index in [1.807, 2.05) is 6.92 Å². The second-order valence-electron chi connectivity index (χ2n) is 2.17. The van der Waals surface area contributed by atoms with Crippen LogP contribution < -0.4 is 0 Å². The molecule has 12 heavy (non-hydrogen) atoms. The Morgan fingerprint density at radius 1 is 1.67 bits per heavy atom. The number of esters is 1. The Bertz CT molecular complexity index is 226. The molecule has 0 spiro atoms. The summed E-state index contributed by atoms with van der Waals surface area (Å²) in [5.41, 5.74) is 0.298. The van der Waals surface area contributed by atoms with Gasteiger partial charge in [-0.3, -0.25) is 0 Å². The van der Waals surface area contributed by atoms with Crippen LogP contribution >= 0.6 is 0 Å². The summed E-state index contributed by atoms with van der Waals surface area (Å²) in [5.74, 6) is -0.448. The molecular formula is C8H11NO3. The van der Waals surface area contributed by atoms with Gasteiger partial charge in [0.25, 0.3) is 0 Å². The van der Waals surface area contributed by atoms with Crippen LogP contribution in [0.4, 0.5) is 0 Å². The normalized spacial score (nSPS) is 10.3. The van der Waals surface area contributed by atoms with Crippen LogP contribution in [0.2, 0.25) is 0 Å². The second-order valence-corrected chi connectivity index (χ2v) is 2.17. The van der Waals surface area contributed by atoms with Gasteiger partial charge in [0.15, 0.2) is 0 Å². The lowest BCUT2D eigenvalue weighted by molar-refractivity contribution is -0.138. The maximum absolute atomic E-state index is 10.9. The number of carbonyl (C=O) groups excluding carboxylic acids is 2. The Kier molecular flexibility index (Phi) is 5.57. The van der Waals surface area contributed by atoms with Gasteiger partial charge >= 0.3 is 5.97 Å². The van der Waals surface area contributed by atoms with Gasteiger partial charge in [-0.15, -0.1) is 0 Å². The van der Waals surface area contributed by atoms with Crippen LogP contribution in [-0.4, -0.2) is 18.7 Å². The van der Waals surface area contributed by atoms with Crippen molar-refractivity contribution in [3.63, 3.8) is 0 Å².